The first-order valence-electron chi connectivity index (χ1n) is 7.66. The molecule has 9 heteroatoms. The Balaban J connectivity index is 1.43. The van der Waals surface area contributed by atoms with Crippen molar-refractivity contribution in [2.75, 3.05) is 6.61 Å². The van der Waals surface area contributed by atoms with Gasteiger partial charge in [-0.15, -0.1) is 16.4 Å². The average Bonchev–Trinajstić information content (AvgIpc) is 3.36. The van der Waals surface area contributed by atoms with Crippen LogP contribution in [0.2, 0.25) is 0 Å². The zero-order valence-electron chi connectivity index (χ0n) is 12.8. The number of thiophene rings is 1. The van der Waals surface area contributed by atoms with E-state index in [0.29, 0.717) is 17.5 Å². The van der Waals surface area contributed by atoms with Crippen molar-refractivity contribution in [1.82, 2.24) is 19.7 Å². The van der Waals surface area contributed by atoms with E-state index in [1.165, 1.54) is 11.8 Å². The van der Waals surface area contributed by atoms with Crippen molar-refractivity contribution >= 4 is 34.4 Å². The van der Waals surface area contributed by atoms with Crippen LogP contribution in [0.3, 0.4) is 0 Å². The Hall–Kier alpha value is -1.42. The third-order valence-corrected chi connectivity index (χ3v) is 6.44. The van der Waals surface area contributed by atoms with Crippen LogP contribution in [0.25, 0.3) is 10.6 Å². The Bertz CT molecular complexity index is 846. The number of nitrogens with zero attached hydrogens (tertiary/aromatic N) is 3. The molecule has 6 nitrogen and oxygen atoms in total. The Morgan fingerprint density at radius 3 is 3.21 bits per heavy atom. The molecule has 126 valence electrons. The van der Waals surface area contributed by atoms with Crippen LogP contribution in [0.15, 0.2) is 32.2 Å². The number of nitrogens with one attached hydrogen (secondary N) is 1. The number of hydrogen-bond acceptors (Lipinski definition) is 7. The lowest BCUT2D eigenvalue weighted by Crippen LogP contribution is -2.24. The van der Waals surface area contributed by atoms with Crippen molar-refractivity contribution in [3.8, 4) is 10.6 Å². The molecule has 1 atom stereocenters. The predicted octanol–water partition coefficient (Wildman–Crippen LogP) is 3.23. The van der Waals surface area contributed by atoms with Crippen LogP contribution in [0, 0.1) is 0 Å². The molecule has 1 N–H and O–H groups in total. The van der Waals surface area contributed by atoms with Crippen LogP contribution in [0.1, 0.15) is 18.5 Å². The van der Waals surface area contributed by atoms with Gasteiger partial charge in [0.1, 0.15) is 5.01 Å². The maximum absolute atomic E-state index is 12.0. The fourth-order valence-corrected chi connectivity index (χ4v) is 5.08. The number of hydrogen-bond donors (Lipinski definition) is 1. The van der Waals surface area contributed by atoms with Crippen molar-refractivity contribution in [3.63, 3.8) is 0 Å². The summed E-state index contributed by atoms with van der Waals surface area (Å²) >= 11 is 4.84. The van der Waals surface area contributed by atoms with Crippen LogP contribution in [-0.4, -0.2) is 32.5 Å². The highest BCUT2D eigenvalue weighted by atomic mass is 32.2. The predicted molar refractivity (Wildman–Crippen MR) is 96.8 cm³/mol. The first-order valence-corrected chi connectivity index (χ1v) is 10.5. The summed E-state index contributed by atoms with van der Waals surface area (Å²) in [5.74, 6) is 0.691. The highest BCUT2D eigenvalue weighted by Gasteiger charge is 2.20. The number of thioether (sulfide) groups is 1. The van der Waals surface area contributed by atoms with E-state index in [4.69, 9.17) is 4.74 Å². The summed E-state index contributed by atoms with van der Waals surface area (Å²) < 4.78 is 7.30. The maximum atomic E-state index is 12.0. The molecule has 0 saturated carbocycles. The molecule has 24 heavy (non-hydrogen) atoms. The topological polar surface area (TPSA) is 72.8 Å². The molecule has 1 saturated heterocycles. The number of aromatic nitrogens is 4. The summed E-state index contributed by atoms with van der Waals surface area (Å²) in [6.45, 7) is 1.35. The Morgan fingerprint density at radius 1 is 1.46 bits per heavy atom. The standard InChI is InChI=1S/C15H16N4O2S3/c20-14-17-18-15(19(14)6-12-2-1-4-21-12)24-9-11-8-23-13(16-11)10-3-5-22-7-10/h3,5,7-8,12H,1-2,4,6,9H2,(H,17,20). The second-order valence-electron chi connectivity index (χ2n) is 5.50. The molecule has 1 fully saturated rings. The number of rotatable bonds is 6. The molecular weight excluding hydrogens is 364 g/mol. The van der Waals surface area contributed by atoms with Gasteiger partial charge in [0.05, 0.1) is 18.3 Å². The molecule has 0 aliphatic carbocycles. The van der Waals surface area contributed by atoms with E-state index in [9.17, 15) is 4.79 Å². The summed E-state index contributed by atoms with van der Waals surface area (Å²) in [4.78, 5) is 16.6. The van der Waals surface area contributed by atoms with E-state index >= 15 is 0 Å². The lowest BCUT2D eigenvalue weighted by Gasteiger charge is -2.10. The van der Waals surface area contributed by atoms with Crippen molar-refractivity contribution in [3.05, 3.63) is 38.4 Å². The third-order valence-electron chi connectivity index (χ3n) is 3.80. The monoisotopic (exact) mass is 380 g/mol. The van der Waals surface area contributed by atoms with E-state index in [1.54, 1.807) is 27.2 Å². The fourth-order valence-electron chi connectivity index (χ4n) is 2.60. The van der Waals surface area contributed by atoms with Gasteiger partial charge in [0.15, 0.2) is 5.16 Å². The SMILES string of the molecule is O=c1[nH]nc(SCc2csc(-c3ccsc3)n2)n1CC1CCCO1. The van der Waals surface area contributed by atoms with Gasteiger partial charge in [0.25, 0.3) is 0 Å². The number of aromatic amines is 1. The quantitative estimate of drug-likeness (QED) is 0.665. The van der Waals surface area contributed by atoms with Gasteiger partial charge in [-0.1, -0.05) is 11.8 Å². The molecule has 1 unspecified atom stereocenters. The van der Waals surface area contributed by atoms with Crippen molar-refractivity contribution in [2.45, 2.75) is 36.4 Å². The molecule has 0 amide bonds. The fraction of sp³-hybridized carbons (Fsp3) is 0.400. The number of ether oxygens (including phenoxy) is 1. The zero-order chi connectivity index (χ0) is 16.4. The van der Waals surface area contributed by atoms with E-state index < -0.39 is 0 Å². The van der Waals surface area contributed by atoms with E-state index in [0.717, 1.165) is 35.7 Å². The van der Waals surface area contributed by atoms with Gasteiger partial charge in [-0.2, -0.15) is 11.3 Å². The smallest absolute Gasteiger partial charge is 0.344 e. The highest BCUT2D eigenvalue weighted by Crippen LogP contribution is 2.28. The van der Waals surface area contributed by atoms with E-state index in [1.807, 2.05) is 0 Å². The van der Waals surface area contributed by atoms with Crippen LogP contribution in [-0.2, 0) is 17.0 Å². The molecule has 1 aliphatic heterocycles. The molecule has 3 aromatic rings. The van der Waals surface area contributed by atoms with Crippen molar-refractivity contribution < 1.29 is 4.74 Å². The van der Waals surface area contributed by atoms with Crippen LogP contribution in [0.4, 0.5) is 0 Å². The Kier molecular flexibility index (Phi) is 4.83. The number of thiazole rings is 1. The highest BCUT2D eigenvalue weighted by molar-refractivity contribution is 7.98. The molecule has 0 bridgehead atoms. The van der Waals surface area contributed by atoms with Gasteiger partial charge in [-0.3, -0.25) is 4.57 Å². The number of H-pyrrole nitrogens is 1. The lowest BCUT2D eigenvalue weighted by atomic mass is 10.2. The minimum Gasteiger partial charge on any atom is -0.376 e. The van der Waals surface area contributed by atoms with Crippen LogP contribution < -0.4 is 5.69 Å². The zero-order valence-corrected chi connectivity index (χ0v) is 15.3. The molecule has 0 aromatic carbocycles. The minimum absolute atomic E-state index is 0.115. The van der Waals surface area contributed by atoms with Crippen LogP contribution >= 0.6 is 34.4 Å². The van der Waals surface area contributed by atoms with Gasteiger partial charge in [0, 0.05) is 28.7 Å². The minimum atomic E-state index is -0.176. The molecule has 4 rings (SSSR count). The summed E-state index contributed by atoms with van der Waals surface area (Å²) in [5, 5.41) is 14.6. The Labute approximate surface area is 150 Å². The van der Waals surface area contributed by atoms with E-state index in [-0.39, 0.29) is 11.8 Å². The average molecular weight is 381 g/mol. The normalized spacial score (nSPS) is 17.6. The first kappa shape index (κ1) is 16.1. The maximum Gasteiger partial charge on any atom is 0.344 e. The van der Waals surface area contributed by atoms with Gasteiger partial charge in [0.2, 0.25) is 0 Å². The van der Waals surface area contributed by atoms with Gasteiger partial charge < -0.3 is 4.74 Å². The molecule has 4 heterocycles. The summed E-state index contributed by atoms with van der Waals surface area (Å²) in [6.07, 6.45) is 2.17. The summed E-state index contributed by atoms with van der Waals surface area (Å²) in [7, 11) is 0. The summed E-state index contributed by atoms with van der Waals surface area (Å²) in [6, 6.07) is 2.08. The lowest BCUT2D eigenvalue weighted by molar-refractivity contribution is 0.0941. The summed E-state index contributed by atoms with van der Waals surface area (Å²) in [5.41, 5.74) is 1.99. The van der Waals surface area contributed by atoms with E-state index in [2.05, 4.69) is 37.4 Å². The van der Waals surface area contributed by atoms with Gasteiger partial charge in [-0.05, 0) is 24.3 Å². The third kappa shape index (κ3) is 3.49. The molecule has 1 aliphatic rings. The molecular formula is C15H16N4O2S3. The second kappa shape index (κ2) is 7.22. The van der Waals surface area contributed by atoms with Crippen molar-refractivity contribution in [1.29, 1.82) is 0 Å². The van der Waals surface area contributed by atoms with Crippen molar-refractivity contribution in [2.24, 2.45) is 0 Å². The Morgan fingerprint density at radius 2 is 2.42 bits per heavy atom. The molecule has 0 radical (unpaired) electrons. The van der Waals surface area contributed by atoms with Gasteiger partial charge >= 0.3 is 5.69 Å². The second-order valence-corrected chi connectivity index (χ2v) is 8.08. The molecule has 0 spiro atoms. The first-order chi connectivity index (χ1) is 11.8. The van der Waals surface area contributed by atoms with Gasteiger partial charge in [-0.25, -0.2) is 14.9 Å². The molecule has 3 aromatic heterocycles. The largest absolute Gasteiger partial charge is 0.376 e. The van der Waals surface area contributed by atoms with Crippen LogP contribution in [0.5, 0.6) is 0 Å².